The first kappa shape index (κ1) is 19.5. The Hall–Kier alpha value is -3.86. The van der Waals surface area contributed by atoms with Crippen LogP contribution in [0.25, 0.3) is 0 Å². The molecule has 1 aromatic heterocycles. The lowest BCUT2D eigenvalue weighted by atomic mass is 10.1. The number of hydrogen-bond donors (Lipinski definition) is 1. The number of alkyl halides is 1. The van der Waals surface area contributed by atoms with Gasteiger partial charge in [-0.2, -0.15) is 10.2 Å². The van der Waals surface area contributed by atoms with Crippen LogP contribution in [0.4, 0.5) is 10.2 Å². The second kappa shape index (κ2) is 8.66. The molecule has 0 fully saturated rings. The third-order valence-electron chi connectivity index (χ3n) is 4.68. The van der Waals surface area contributed by atoms with Gasteiger partial charge in [0.2, 0.25) is 5.88 Å². The van der Waals surface area contributed by atoms with E-state index >= 15 is 0 Å². The zero-order chi connectivity index (χ0) is 20.9. The number of benzene rings is 2. The van der Waals surface area contributed by atoms with Crippen LogP contribution in [0.15, 0.2) is 53.3 Å². The summed E-state index contributed by atoms with van der Waals surface area (Å²) in [6, 6.07) is 15.5. The molecule has 1 aliphatic heterocycles. The Balaban J connectivity index is 1.49. The fourth-order valence-corrected chi connectivity index (χ4v) is 3.19. The predicted molar refractivity (Wildman–Crippen MR) is 108 cm³/mol. The highest BCUT2D eigenvalue weighted by Gasteiger charge is 2.13. The van der Waals surface area contributed by atoms with Crippen molar-refractivity contribution in [1.29, 1.82) is 5.26 Å². The van der Waals surface area contributed by atoms with E-state index in [9.17, 15) is 14.4 Å². The van der Waals surface area contributed by atoms with Crippen LogP contribution < -0.4 is 20.5 Å². The second-order valence-electron chi connectivity index (χ2n) is 6.81. The van der Waals surface area contributed by atoms with Gasteiger partial charge in [-0.3, -0.25) is 4.57 Å². The Bertz CT molecular complexity index is 1170. The van der Waals surface area contributed by atoms with Gasteiger partial charge in [-0.15, -0.1) is 0 Å². The molecule has 30 heavy (non-hydrogen) atoms. The number of hydrogen-bond acceptors (Lipinski definition) is 6. The van der Waals surface area contributed by atoms with Crippen LogP contribution in [0.5, 0.6) is 17.4 Å². The second-order valence-corrected chi connectivity index (χ2v) is 6.81. The predicted octanol–water partition coefficient (Wildman–Crippen LogP) is 3.77. The molecule has 7 nitrogen and oxygen atoms in total. The van der Waals surface area contributed by atoms with Crippen molar-refractivity contribution in [2.24, 2.45) is 0 Å². The minimum absolute atomic E-state index is 0.141. The van der Waals surface area contributed by atoms with Crippen molar-refractivity contribution >= 4 is 5.82 Å². The van der Waals surface area contributed by atoms with Crippen LogP contribution in [0.2, 0.25) is 0 Å². The molecule has 3 aromatic rings. The summed E-state index contributed by atoms with van der Waals surface area (Å²) in [5, 5.41) is 12.6. The van der Waals surface area contributed by atoms with Gasteiger partial charge >= 0.3 is 5.69 Å². The summed E-state index contributed by atoms with van der Waals surface area (Å²) < 4.78 is 25.8. The van der Waals surface area contributed by atoms with Crippen LogP contribution in [0.1, 0.15) is 23.1 Å². The summed E-state index contributed by atoms with van der Waals surface area (Å²) in [6.07, 6.45) is 0.873. The summed E-state index contributed by atoms with van der Waals surface area (Å²) >= 11 is 0. The number of fused-ring (bicyclic) bond motifs is 1. The third-order valence-corrected chi connectivity index (χ3v) is 4.68. The van der Waals surface area contributed by atoms with Crippen LogP contribution in [-0.4, -0.2) is 16.1 Å². The Kier molecular flexibility index (Phi) is 5.61. The lowest BCUT2D eigenvalue weighted by molar-refractivity contribution is 0.290. The molecule has 0 bridgehead atoms. The fraction of sp³-hybridized carbons (Fsp3) is 0.227. The van der Waals surface area contributed by atoms with Crippen molar-refractivity contribution in [2.75, 3.05) is 11.9 Å². The van der Waals surface area contributed by atoms with E-state index < -0.39 is 6.67 Å². The zero-order valence-corrected chi connectivity index (χ0v) is 16.1. The van der Waals surface area contributed by atoms with E-state index in [0.717, 1.165) is 18.5 Å². The highest BCUT2D eigenvalue weighted by atomic mass is 19.1. The number of nitrogens with zero attached hydrogens (tertiary/aromatic N) is 3. The van der Waals surface area contributed by atoms with Crippen LogP contribution in [0, 0.1) is 11.3 Å². The van der Waals surface area contributed by atoms with E-state index in [-0.39, 0.29) is 18.2 Å². The average Bonchev–Trinajstić information content (AvgIpc) is 2.78. The number of ether oxygens (including phenoxy) is 2. The minimum Gasteiger partial charge on any atom is -0.473 e. The molecule has 2 aromatic carbocycles. The first-order valence-corrected chi connectivity index (χ1v) is 9.50. The molecule has 0 spiro atoms. The maximum absolute atomic E-state index is 12.8. The molecule has 0 unspecified atom stereocenters. The van der Waals surface area contributed by atoms with Crippen molar-refractivity contribution in [3.8, 4) is 23.4 Å². The first-order valence-electron chi connectivity index (χ1n) is 9.50. The Morgan fingerprint density at radius 2 is 2.10 bits per heavy atom. The molecular formula is C22H19FN4O3. The third kappa shape index (κ3) is 4.25. The van der Waals surface area contributed by atoms with Crippen molar-refractivity contribution in [3.63, 3.8) is 0 Å². The topological polar surface area (TPSA) is 89.2 Å². The van der Waals surface area contributed by atoms with Crippen molar-refractivity contribution in [3.05, 3.63) is 75.7 Å². The van der Waals surface area contributed by atoms with E-state index in [2.05, 4.69) is 16.4 Å². The van der Waals surface area contributed by atoms with Crippen LogP contribution >= 0.6 is 0 Å². The highest BCUT2D eigenvalue weighted by molar-refractivity contribution is 5.48. The molecule has 0 aliphatic carbocycles. The summed E-state index contributed by atoms with van der Waals surface area (Å²) in [4.78, 5) is 16.1. The van der Waals surface area contributed by atoms with Gasteiger partial charge in [0.15, 0.2) is 0 Å². The number of anilines is 1. The van der Waals surface area contributed by atoms with Gasteiger partial charge in [0, 0.05) is 19.2 Å². The largest absolute Gasteiger partial charge is 0.473 e. The van der Waals surface area contributed by atoms with Crippen molar-refractivity contribution < 1.29 is 13.9 Å². The van der Waals surface area contributed by atoms with E-state index in [0.29, 0.717) is 35.0 Å². The van der Waals surface area contributed by atoms with Gasteiger partial charge in [-0.05, 0) is 41.8 Å². The first-order chi connectivity index (χ1) is 14.7. The van der Waals surface area contributed by atoms with E-state index in [1.165, 1.54) is 0 Å². The molecule has 8 heteroatoms. The van der Waals surface area contributed by atoms with E-state index in [1.54, 1.807) is 53.1 Å². The van der Waals surface area contributed by atoms with Gasteiger partial charge in [0.25, 0.3) is 0 Å². The summed E-state index contributed by atoms with van der Waals surface area (Å²) in [7, 11) is 0. The summed E-state index contributed by atoms with van der Waals surface area (Å²) in [5.41, 5.74) is 1.19. The van der Waals surface area contributed by atoms with Crippen molar-refractivity contribution in [1.82, 2.24) is 9.55 Å². The molecule has 1 N–H and O–H groups in total. The average molecular weight is 406 g/mol. The highest BCUT2D eigenvalue weighted by Crippen LogP contribution is 2.27. The molecule has 0 saturated heterocycles. The lowest BCUT2D eigenvalue weighted by Crippen LogP contribution is -2.30. The minimum atomic E-state index is -0.589. The molecule has 1 aliphatic rings. The van der Waals surface area contributed by atoms with Gasteiger partial charge in [-0.25, -0.2) is 9.18 Å². The smallest absolute Gasteiger partial charge is 0.352 e. The molecule has 0 atom stereocenters. The molecule has 0 radical (unpaired) electrons. The maximum atomic E-state index is 12.8. The quantitative estimate of drug-likeness (QED) is 0.670. The maximum Gasteiger partial charge on any atom is 0.352 e. The molecule has 4 rings (SSSR count). The summed E-state index contributed by atoms with van der Waals surface area (Å²) in [6.45, 7) is 0.983. The molecule has 2 heterocycles. The molecule has 152 valence electrons. The fourth-order valence-electron chi connectivity index (χ4n) is 3.19. The number of rotatable bonds is 6. The molecular weight excluding hydrogens is 387 g/mol. The van der Waals surface area contributed by atoms with Gasteiger partial charge < -0.3 is 14.8 Å². The van der Waals surface area contributed by atoms with E-state index in [1.807, 2.05) is 0 Å². The SMILES string of the molecule is N#Cc1cc(COc2cc3n(c(=O)n2)CCCN3)ccc1Oc1cccc(CF)c1. The van der Waals surface area contributed by atoms with Crippen molar-refractivity contribution in [2.45, 2.75) is 26.2 Å². The van der Waals surface area contributed by atoms with Gasteiger partial charge in [0.05, 0.1) is 5.56 Å². The number of aromatic nitrogens is 2. The van der Waals surface area contributed by atoms with Gasteiger partial charge in [0.1, 0.15) is 36.7 Å². The zero-order valence-electron chi connectivity index (χ0n) is 16.1. The van der Waals surface area contributed by atoms with E-state index in [4.69, 9.17) is 9.47 Å². The Morgan fingerprint density at radius 3 is 2.93 bits per heavy atom. The molecule has 0 amide bonds. The normalized spacial score (nSPS) is 12.4. The molecule has 0 saturated carbocycles. The van der Waals surface area contributed by atoms with Crippen LogP contribution in [0.3, 0.4) is 0 Å². The van der Waals surface area contributed by atoms with Crippen LogP contribution in [-0.2, 0) is 19.8 Å². The monoisotopic (exact) mass is 406 g/mol. The van der Waals surface area contributed by atoms with Gasteiger partial charge in [-0.1, -0.05) is 18.2 Å². The Labute approximate surface area is 172 Å². The standard InChI is InChI=1S/C22H19FN4O3/c23-12-15-3-1-4-18(10-15)30-19-6-5-16(9-17(19)13-24)14-29-21-11-20-25-7-2-8-27(20)22(28)26-21/h1,3-6,9-11,25H,2,7-8,12,14H2. The number of nitriles is 1. The number of halogens is 1. The Morgan fingerprint density at radius 1 is 1.20 bits per heavy atom. The summed E-state index contributed by atoms with van der Waals surface area (Å²) in [5.74, 6) is 1.74. The lowest BCUT2D eigenvalue weighted by Gasteiger charge is -2.19. The number of nitrogens with one attached hydrogen (secondary N) is 1.